The summed E-state index contributed by atoms with van der Waals surface area (Å²) in [6.45, 7) is 2.22. The quantitative estimate of drug-likeness (QED) is 0.463. The van der Waals surface area contributed by atoms with Gasteiger partial charge in [-0.1, -0.05) is 18.1 Å². The minimum absolute atomic E-state index is 1.06. The molecule has 0 radical (unpaired) electrons. The molecule has 0 aromatic carbocycles. The van der Waals surface area contributed by atoms with Gasteiger partial charge in [0.15, 0.2) is 0 Å². The van der Waals surface area contributed by atoms with Gasteiger partial charge in [0.2, 0.25) is 0 Å². The van der Waals surface area contributed by atoms with Crippen LogP contribution in [0.3, 0.4) is 0 Å². The summed E-state index contributed by atoms with van der Waals surface area (Å²) in [6.07, 6.45) is 8.59. The molecule has 0 aromatic heterocycles. The van der Waals surface area contributed by atoms with Gasteiger partial charge in [-0.15, -0.1) is 0 Å². The van der Waals surface area contributed by atoms with Crippen molar-refractivity contribution >= 4 is 0 Å². The second-order valence-electron chi connectivity index (χ2n) is 4.60. The zero-order valence-electron chi connectivity index (χ0n) is 7.22. The highest BCUT2D eigenvalue weighted by Crippen LogP contribution is 2.63. The average Bonchev–Trinajstić information content (AvgIpc) is 2.60. The second kappa shape index (κ2) is 1.91. The van der Waals surface area contributed by atoms with E-state index in [9.17, 15) is 0 Å². The Kier molecular flexibility index (Phi) is 1.09. The van der Waals surface area contributed by atoms with Crippen LogP contribution in [0, 0.1) is 23.7 Å². The molecule has 0 nitrogen and oxygen atoms in total. The lowest BCUT2D eigenvalue weighted by Crippen LogP contribution is -2.07. The summed E-state index contributed by atoms with van der Waals surface area (Å²) in [4.78, 5) is 0. The number of hydrogen-bond donors (Lipinski definition) is 0. The molecular weight excluding hydrogens is 132 g/mol. The molecule has 3 rings (SSSR count). The van der Waals surface area contributed by atoms with Gasteiger partial charge in [0.25, 0.3) is 0 Å². The van der Waals surface area contributed by atoms with E-state index >= 15 is 0 Å². The molecule has 11 heavy (non-hydrogen) atoms. The van der Waals surface area contributed by atoms with Gasteiger partial charge in [0.1, 0.15) is 0 Å². The second-order valence-corrected chi connectivity index (χ2v) is 4.60. The van der Waals surface area contributed by atoms with Crippen molar-refractivity contribution in [3.8, 4) is 0 Å². The summed E-state index contributed by atoms with van der Waals surface area (Å²) in [5.74, 6) is 4.37. The lowest BCUT2D eigenvalue weighted by molar-refractivity contribution is 0.340. The Morgan fingerprint density at radius 3 is 3.00 bits per heavy atom. The van der Waals surface area contributed by atoms with Gasteiger partial charge in [0, 0.05) is 0 Å². The summed E-state index contributed by atoms with van der Waals surface area (Å²) in [5, 5.41) is 0. The molecular formula is C11H16. The topological polar surface area (TPSA) is 0 Å². The zero-order valence-corrected chi connectivity index (χ0v) is 7.22. The Morgan fingerprint density at radius 1 is 1.27 bits per heavy atom. The first-order valence-corrected chi connectivity index (χ1v) is 5.06. The van der Waals surface area contributed by atoms with Crippen molar-refractivity contribution in [2.24, 2.45) is 23.7 Å². The maximum absolute atomic E-state index is 2.38. The first-order chi connectivity index (χ1) is 5.40. The van der Waals surface area contributed by atoms with Gasteiger partial charge in [-0.25, -0.2) is 0 Å². The van der Waals surface area contributed by atoms with Crippen LogP contribution in [-0.4, -0.2) is 0 Å². The first-order valence-electron chi connectivity index (χ1n) is 5.06. The SMILES string of the molecule is C/C=C1/C2CC3CCC(C3)C12. The summed E-state index contributed by atoms with van der Waals surface area (Å²) < 4.78 is 0. The number of hydrogen-bond acceptors (Lipinski definition) is 0. The van der Waals surface area contributed by atoms with E-state index in [-0.39, 0.29) is 0 Å². The fourth-order valence-electron chi connectivity index (χ4n) is 3.67. The standard InChI is InChI=1S/C11H16/c1-2-9-10-6-7-3-4-8(5-7)11(9)10/h2,7-8,10-11H,3-6H2,1H3/b9-2-. The van der Waals surface area contributed by atoms with E-state index in [1.54, 1.807) is 25.7 Å². The molecule has 0 heterocycles. The Labute approximate surface area is 68.7 Å². The molecule has 4 unspecified atom stereocenters. The van der Waals surface area contributed by atoms with E-state index < -0.39 is 0 Å². The molecule has 2 bridgehead atoms. The van der Waals surface area contributed by atoms with Crippen LogP contribution in [0.5, 0.6) is 0 Å². The highest BCUT2D eigenvalue weighted by molar-refractivity contribution is 5.32. The third-order valence-corrected chi connectivity index (χ3v) is 4.15. The smallest absolute Gasteiger partial charge is 0.0106 e. The van der Waals surface area contributed by atoms with Crippen LogP contribution in [-0.2, 0) is 0 Å². The zero-order chi connectivity index (χ0) is 7.42. The van der Waals surface area contributed by atoms with Gasteiger partial charge >= 0.3 is 0 Å². The Hall–Kier alpha value is -0.260. The third-order valence-electron chi connectivity index (χ3n) is 4.15. The third kappa shape index (κ3) is 0.706. The van der Waals surface area contributed by atoms with Crippen molar-refractivity contribution in [1.29, 1.82) is 0 Å². The molecule has 3 saturated carbocycles. The van der Waals surface area contributed by atoms with Crippen LogP contribution in [0.25, 0.3) is 0 Å². The van der Waals surface area contributed by atoms with Crippen molar-refractivity contribution in [2.45, 2.75) is 32.6 Å². The summed E-state index contributed by atoms with van der Waals surface area (Å²) >= 11 is 0. The highest BCUT2D eigenvalue weighted by atomic mass is 14.6. The Morgan fingerprint density at radius 2 is 2.18 bits per heavy atom. The van der Waals surface area contributed by atoms with E-state index in [4.69, 9.17) is 0 Å². The van der Waals surface area contributed by atoms with Crippen molar-refractivity contribution in [3.05, 3.63) is 11.6 Å². The molecule has 0 aromatic rings. The van der Waals surface area contributed by atoms with E-state index in [0.29, 0.717) is 0 Å². The normalized spacial score (nSPS) is 56.3. The molecule has 0 spiro atoms. The number of allylic oxidation sites excluding steroid dienone is 2. The Balaban J connectivity index is 1.89. The lowest BCUT2D eigenvalue weighted by Gasteiger charge is -2.15. The number of rotatable bonds is 0. The molecule has 3 aliphatic carbocycles. The van der Waals surface area contributed by atoms with Crippen molar-refractivity contribution in [1.82, 2.24) is 0 Å². The van der Waals surface area contributed by atoms with Crippen molar-refractivity contribution in [2.75, 3.05) is 0 Å². The van der Waals surface area contributed by atoms with E-state index in [2.05, 4.69) is 13.0 Å². The minimum Gasteiger partial charge on any atom is -0.0878 e. The highest BCUT2D eigenvalue weighted by Gasteiger charge is 2.54. The largest absolute Gasteiger partial charge is 0.0878 e. The molecule has 0 heteroatoms. The van der Waals surface area contributed by atoms with Gasteiger partial charge in [-0.3, -0.25) is 0 Å². The molecule has 0 saturated heterocycles. The maximum Gasteiger partial charge on any atom is -0.0106 e. The first kappa shape index (κ1) is 6.28. The molecule has 4 atom stereocenters. The van der Waals surface area contributed by atoms with Crippen LogP contribution in [0.1, 0.15) is 32.6 Å². The van der Waals surface area contributed by atoms with Crippen LogP contribution in [0.2, 0.25) is 0 Å². The minimum atomic E-state index is 1.06. The van der Waals surface area contributed by atoms with Gasteiger partial charge < -0.3 is 0 Å². The fourth-order valence-corrected chi connectivity index (χ4v) is 3.67. The fraction of sp³-hybridized carbons (Fsp3) is 0.818. The molecule has 0 N–H and O–H groups in total. The molecule has 3 fully saturated rings. The lowest BCUT2D eigenvalue weighted by atomic mass is 9.89. The predicted molar refractivity (Wildman–Crippen MR) is 46.2 cm³/mol. The monoisotopic (exact) mass is 148 g/mol. The van der Waals surface area contributed by atoms with Crippen LogP contribution >= 0.6 is 0 Å². The Bertz CT molecular complexity index is 214. The summed E-state index contributed by atoms with van der Waals surface area (Å²) in [7, 11) is 0. The predicted octanol–water partition coefficient (Wildman–Crippen LogP) is 3.00. The summed E-state index contributed by atoms with van der Waals surface area (Å²) in [6, 6.07) is 0. The molecule has 0 aliphatic heterocycles. The van der Waals surface area contributed by atoms with Crippen molar-refractivity contribution in [3.63, 3.8) is 0 Å². The van der Waals surface area contributed by atoms with E-state index in [1.807, 2.05) is 5.57 Å². The van der Waals surface area contributed by atoms with Crippen molar-refractivity contribution < 1.29 is 0 Å². The van der Waals surface area contributed by atoms with Crippen LogP contribution < -0.4 is 0 Å². The van der Waals surface area contributed by atoms with E-state index in [1.165, 1.54) is 0 Å². The molecule has 3 aliphatic rings. The average molecular weight is 148 g/mol. The molecule has 60 valence electrons. The van der Waals surface area contributed by atoms with Gasteiger partial charge in [-0.2, -0.15) is 0 Å². The van der Waals surface area contributed by atoms with Gasteiger partial charge in [-0.05, 0) is 49.9 Å². The van der Waals surface area contributed by atoms with Crippen LogP contribution in [0.15, 0.2) is 11.6 Å². The van der Waals surface area contributed by atoms with Gasteiger partial charge in [0.05, 0.1) is 0 Å². The number of fused-ring (bicyclic) bond motifs is 4. The molecule has 0 amide bonds. The van der Waals surface area contributed by atoms with E-state index in [0.717, 1.165) is 23.7 Å². The summed E-state index contributed by atoms with van der Waals surface area (Å²) in [5.41, 5.74) is 1.82. The van der Waals surface area contributed by atoms with Crippen LogP contribution in [0.4, 0.5) is 0 Å². The maximum atomic E-state index is 2.38.